The van der Waals surface area contributed by atoms with Gasteiger partial charge in [0.15, 0.2) is 11.5 Å². The van der Waals surface area contributed by atoms with Crippen LogP contribution in [0.3, 0.4) is 0 Å². The van der Waals surface area contributed by atoms with Crippen LogP contribution in [0.15, 0.2) is 54.6 Å². The van der Waals surface area contributed by atoms with E-state index in [-0.39, 0.29) is 11.9 Å². The van der Waals surface area contributed by atoms with Gasteiger partial charge >= 0.3 is 0 Å². The Labute approximate surface area is 161 Å². The maximum atomic E-state index is 12.2. The maximum Gasteiger partial charge on any atom is 0.244 e. The lowest BCUT2D eigenvalue weighted by atomic mass is 10.1. The van der Waals surface area contributed by atoms with Crippen LogP contribution >= 0.6 is 0 Å². The van der Waals surface area contributed by atoms with Gasteiger partial charge in [0.2, 0.25) is 5.91 Å². The van der Waals surface area contributed by atoms with Gasteiger partial charge in [-0.15, -0.1) is 0 Å². The highest BCUT2D eigenvalue weighted by molar-refractivity contribution is 5.91. The molecule has 1 N–H and O–H groups in total. The number of ether oxygens (including phenoxy) is 2. The lowest BCUT2D eigenvalue weighted by Crippen LogP contribution is -2.33. The summed E-state index contributed by atoms with van der Waals surface area (Å²) in [5.41, 5.74) is 2.05. The van der Waals surface area contributed by atoms with Crippen LogP contribution in [0, 0.1) is 0 Å². The van der Waals surface area contributed by atoms with Crippen LogP contribution in [-0.4, -0.2) is 45.2 Å². The maximum absolute atomic E-state index is 12.2. The molecular formula is C22H28N2O3. The number of carbonyl (C=O) groups excluding carboxylic acids is 1. The first kappa shape index (κ1) is 20.5. The molecule has 5 nitrogen and oxygen atoms in total. The highest BCUT2D eigenvalue weighted by atomic mass is 16.5. The standard InChI is InChI=1S/C22H28N2O3/c1-5-27-21-15-17(11-13-20(21)26-4)12-14-22(25)23-16-19(24(2)3)18-9-7-6-8-10-18/h6-15,19H,5,16H2,1-4H3,(H,23,25)/b14-12+. The summed E-state index contributed by atoms with van der Waals surface area (Å²) >= 11 is 0. The highest BCUT2D eigenvalue weighted by Crippen LogP contribution is 2.28. The van der Waals surface area contributed by atoms with Gasteiger partial charge in [0.05, 0.1) is 19.8 Å². The van der Waals surface area contributed by atoms with Crippen molar-refractivity contribution in [2.45, 2.75) is 13.0 Å². The molecule has 0 spiro atoms. The van der Waals surface area contributed by atoms with Crippen molar-refractivity contribution in [3.8, 4) is 11.5 Å². The SMILES string of the molecule is CCOc1cc(/C=C/C(=O)NCC(c2ccccc2)N(C)C)ccc1OC. The van der Waals surface area contributed by atoms with Crippen LogP contribution in [0.2, 0.25) is 0 Å². The molecule has 0 bridgehead atoms. The molecule has 1 amide bonds. The second kappa shape index (κ2) is 10.4. The Hall–Kier alpha value is -2.79. The van der Waals surface area contributed by atoms with Gasteiger partial charge in [0.1, 0.15) is 0 Å². The summed E-state index contributed by atoms with van der Waals surface area (Å²) in [7, 11) is 5.62. The first-order valence-electron chi connectivity index (χ1n) is 9.03. The fraction of sp³-hybridized carbons (Fsp3) is 0.318. The fourth-order valence-electron chi connectivity index (χ4n) is 2.77. The largest absolute Gasteiger partial charge is 0.493 e. The Morgan fingerprint density at radius 1 is 1.15 bits per heavy atom. The average molecular weight is 368 g/mol. The Balaban J connectivity index is 1.99. The molecule has 2 aromatic carbocycles. The quantitative estimate of drug-likeness (QED) is 0.688. The summed E-state index contributed by atoms with van der Waals surface area (Å²) in [6.07, 6.45) is 3.31. The summed E-state index contributed by atoms with van der Waals surface area (Å²) in [6.45, 7) is 3.01. The fourth-order valence-corrected chi connectivity index (χ4v) is 2.77. The zero-order chi connectivity index (χ0) is 19.6. The van der Waals surface area contributed by atoms with Crippen molar-refractivity contribution in [1.29, 1.82) is 0 Å². The van der Waals surface area contributed by atoms with E-state index in [4.69, 9.17) is 9.47 Å². The topological polar surface area (TPSA) is 50.8 Å². The third-order valence-electron chi connectivity index (χ3n) is 4.19. The van der Waals surface area contributed by atoms with Crippen molar-refractivity contribution >= 4 is 12.0 Å². The zero-order valence-electron chi connectivity index (χ0n) is 16.4. The molecule has 27 heavy (non-hydrogen) atoms. The highest BCUT2D eigenvalue weighted by Gasteiger charge is 2.14. The van der Waals surface area contributed by atoms with Crippen LogP contribution in [0.5, 0.6) is 11.5 Å². The molecule has 0 saturated heterocycles. The van der Waals surface area contributed by atoms with Crippen molar-refractivity contribution < 1.29 is 14.3 Å². The molecule has 0 heterocycles. The van der Waals surface area contributed by atoms with E-state index in [1.807, 2.05) is 57.4 Å². The van der Waals surface area contributed by atoms with E-state index in [2.05, 4.69) is 22.3 Å². The van der Waals surface area contributed by atoms with E-state index in [0.717, 1.165) is 5.56 Å². The third-order valence-corrected chi connectivity index (χ3v) is 4.19. The van der Waals surface area contributed by atoms with Gasteiger partial charge in [0, 0.05) is 12.6 Å². The number of rotatable bonds is 9. The minimum Gasteiger partial charge on any atom is -0.493 e. The Bertz CT molecular complexity index is 757. The van der Waals surface area contributed by atoms with Gasteiger partial charge in [-0.25, -0.2) is 0 Å². The summed E-state index contributed by atoms with van der Waals surface area (Å²) in [6, 6.07) is 15.8. The molecule has 1 atom stereocenters. The summed E-state index contributed by atoms with van der Waals surface area (Å²) < 4.78 is 10.8. The Morgan fingerprint density at radius 3 is 2.52 bits per heavy atom. The second-order valence-electron chi connectivity index (χ2n) is 6.31. The van der Waals surface area contributed by atoms with Gasteiger partial charge in [-0.3, -0.25) is 4.79 Å². The van der Waals surface area contributed by atoms with Gasteiger partial charge < -0.3 is 19.7 Å². The lowest BCUT2D eigenvalue weighted by Gasteiger charge is -2.24. The number of benzene rings is 2. The smallest absolute Gasteiger partial charge is 0.244 e. The minimum atomic E-state index is -0.133. The predicted molar refractivity (Wildman–Crippen MR) is 109 cm³/mol. The summed E-state index contributed by atoms with van der Waals surface area (Å²) in [5.74, 6) is 1.21. The molecule has 0 aliphatic heterocycles. The van der Waals surface area contributed by atoms with Crippen LogP contribution < -0.4 is 14.8 Å². The van der Waals surface area contributed by atoms with Crippen molar-refractivity contribution in [1.82, 2.24) is 10.2 Å². The molecule has 0 fully saturated rings. The number of carbonyl (C=O) groups is 1. The van der Waals surface area contributed by atoms with Crippen molar-refractivity contribution in [2.75, 3.05) is 34.4 Å². The average Bonchev–Trinajstić information content (AvgIpc) is 2.67. The van der Waals surface area contributed by atoms with Crippen molar-refractivity contribution in [3.63, 3.8) is 0 Å². The second-order valence-corrected chi connectivity index (χ2v) is 6.31. The first-order valence-corrected chi connectivity index (χ1v) is 9.03. The number of methoxy groups -OCH3 is 1. The van der Waals surface area contributed by atoms with E-state index >= 15 is 0 Å². The number of likely N-dealkylation sites (N-methyl/N-ethyl adjacent to an activating group) is 1. The van der Waals surface area contributed by atoms with Crippen molar-refractivity contribution in [2.24, 2.45) is 0 Å². The van der Waals surface area contributed by atoms with E-state index in [1.165, 1.54) is 11.6 Å². The third kappa shape index (κ3) is 6.15. The van der Waals surface area contributed by atoms with Crippen LogP contribution in [-0.2, 0) is 4.79 Å². The monoisotopic (exact) mass is 368 g/mol. The molecule has 2 aromatic rings. The number of amides is 1. The molecule has 0 radical (unpaired) electrons. The van der Waals surface area contributed by atoms with E-state index < -0.39 is 0 Å². The summed E-state index contributed by atoms with van der Waals surface area (Å²) in [4.78, 5) is 14.3. The van der Waals surface area contributed by atoms with Gasteiger partial charge in [-0.05, 0) is 50.4 Å². The van der Waals surface area contributed by atoms with E-state index in [1.54, 1.807) is 13.2 Å². The molecule has 0 aromatic heterocycles. The number of hydrogen-bond donors (Lipinski definition) is 1. The molecule has 2 rings (SSSR count). The molecule has 144 valence electrons. The van der Waals surface area contributed by atoms with Gasteiger partial charge in [-0.2, -0.15) is 0 Å². The van der Waals surface area contributed by atoms with Gasteiger partial charge in [0.25, 0.3) is 0 Å². The molecular weight excluding hydrogens is 340 g/mol. The molecule has 5 heteroatoms. The molecule has 0 aliphatic rings. The lowest BCUT2D eigenvalue weighted by molar-refractivity contribution is -0.116. The summed E-state index contributed by atoms with van der Waals surface area (Å²) in [5, 5.41) is 2.97. The Kier molecular flexibility index (Phi) is 7.89. The number of hydrogen-bond acceptors (Lipinski definition) is 4. The van der Waals surface area contributed by atoms with Gasteiger partial charge in [-0.1, -0.05) is 36.4 Å². The molecule has 0 saturated carbocycles. The molecule has 1 unspecified atom stereocenters. The zero-order valence-corrected chi connectivity index (χ0v) is 16.4. The van der Waals surface area contributed by atoms with E-state index in [0.29, 0.717) is 24.7 Å². The van der Waals surface area contributed by atoms with Crippen LogP contribution in [0.4, 0.5) is 0 Å². The minimum absolute atomic E-state index is 0.120. The van der Waals surface area contributed by atoms with Crippen LogP contribution in [0.1, 0.15) is 24.1 Å². The number of nitrogens with zero attached hydrogens (tertiary/aromatic N) is 1. The van der Waals surface area contributed by atoms with Crippen molar-refractivity contribution in [3.05, 3.63) is 65.7 Å². The normalized spacial score (nSPS) is 12.2. The first-order chi connectivity index (χ1) is 13.0. The number of nitrogens with one attached hydrogen (secondary N) is 1. The molecule has 0 aliphatic carbocycles. The predicted octanol–water partition coefficient (Wildman–Crippen LogP) is 3.53. The van der Waals surface area contributed by atoms with Crippen LogP contribution in [0.25, 0.3) is 6.08 Å². The van der Waals surface area contributed by atoms with E-state index in [9.17, 15) is 4.79 Å². The Morgan fingerprint density at radius 2 is 1.89 bits per heavy atom.